The fourth-order valence-electron chi connectivity index (χ4n) is 3.87. The molecule has 30 heavy (non-hydrogen) atoms. The summed E-state index contributed by atoms with van der Waals surface area (Å²) >= 11 is 0. The second-order valence-corrected chi connectivity index (χ2v) is 11.6. The number of aliphatic imine (C=N–C) groups is 2. The molecule has 1 fully saturated rings. The van der Waals surface area contributed by atoms with Crippen molar-refractivity contribution in [1.29, 1.82) is 0 Å². The van der Waals surface area contributed by atoms with Crippen LogP contribution in [0.4, 0.5) is 0 Å². The van der Waals surface area contributed by atoms with Gasteiger partial charge >= 0.3 is 0 Å². The van der Waals surface area contributed by atoms with Crippen molar-refractivity contribution in [2.45, 2.75) is 35.2 Å². The number of sulfonamides is 1. The van der Waals surface area contributed by atoms with Gasteiger partial charge in [0.1, 0.15) is 0 Å². The summed E-state index contributed by atoms with van der Waals surface area (Å²) in [5.74, 6) is 0. The van der Waals surface area contributed by atoms with Crippen LogP contribution in [0.3, 0.4) is 0 Å². The van der Waals surface area contributed by atoms with Gasteiger partial charge in [-0.15, -0.1) is 0 Å². The Morgan fingerprint density at radius 3 is 2.13 bits per heavy atom. The summed E-state index contributed by atoms with van der Waals surface area (Å²) in [5, 5.41) is 0. The largest absolute Gasteiger partial charge is 0.258 e. The molecule has 0 amide bonds. The molecule has 0 aromatic heterocycles. The first-order valence-electron chi connectivity index (χ1n) is 9.63. The second kappa shape index (κ2) is 7.40. The molecular formula is C21H23N3O4S2. The van der Waals surface area contributed by atoms with Gasteiger partial charge in [-0.3, -0.25) is 9.98 Å². The summed E-state index contributed by atoms with van der Waals surface area (Å²) in [7, 11) is -7.29. The standard InChI is InChI=1S/C21H23N3O4S2/c1-16-20(17-7-4-3-5-8-17)23-21(22-16)11-13-24(14-12-21)30(27,28)19-10-6-9-18(15-19)29(2,25)26/h3-10,15H,11-14H2,1-2H3. The highest BCUT2D eigenvalue weighted by atomic mass is 32.2. The normalized spacial score (nSPS) is 19.5. The molecule has 2 aromatic rings. The molecule has 0 atom stereocenters. The Morgan fingerprint density at radius 1 is 0.867 bits per heavy atom. The smallest absolute Gasteiger partial charge is 0.243 e. The molecule has 158 valence electrons. The van der Waals surface area contributed by atoms with E-state index in [0.29, 0.717) is 12.8 Å². The van der Waals surface area contributed by atoms with Crippen LogP contribution in [0.15, 0.2) is 74.4 Å². The van der Waals surface area contributed by atoms with Crippen LogP contribution in [-0.2, 0) is 19.9 Å². The van der Waals surface area contributed by atoms with Gasteiger partial charge < -0.3 is 0 Å². The topological polar surface area (TPSA) is 96.2 Å². The van der Waals surface area contributed by atoms with Crippen molar-refractivity contribution in [3.05, 3.63) is 60.2 Å². The molecular weight excluding hydrogens is 422 g/mol. The van der Waals surface area contributed by atoms with Crippen molar-refractivity contribution >= 4 is 31.3 Å². The van der Waals surface area contributed by atoms with Gasteiger partial charge in [0.15, 0.2) is 15.5 Å². The highest BCUT2D eigenvalue weighted by molar-refractivity contribution is 7.91. The molecule has 2 aliphatic heterocycles. The van der Waals surface area contributed by atoms with E-state index in [1.165, 1.54) is 28.6 Å². The molecule has 0 radical (unpaired) electrons. The molecule has 0 N–H and O–H groups in total. The third-order valence-electron chi connectivity index (χ3n) is 5.48. The minimum Gasteiger partial charge on any atom is -0.258 e. The first kappa shape index (κ1) is 20.9. The van der Waals surface area contributed by atoms with Crippen molar-refractivity contribution in [2.75, 3.05) is 19.3 Å². The van der Waals surface area contributed by atoms with Crippen LogP contribution in [0.1, 0.15) is 25.3 Å². The second-order valence-electron chi connectivity index (χ2n) is 7.66. The summed E-state index contributed by atoms with van der Waals surface area (Å²) in [5.41, 5.74) is 2.09. The van der Waals surface area contributed by atoms with E-state index in [2.05, 4.69) is 0 Å². The summed E-state index contributed by atoms with van der Waals surface area (Å²) in [4.78, 5) is 9.64. The number of nitrogens with zero attached hydrogens (tertiary/aromatic N) is 3. The zero-order valence-corrected chi connectivity index (χ0v) is 18.4. The highest BCUT2D eigenvalue weighted by Gasteiger charge is 2.41. The number of sulfone groups is 1. The van der Waals surface area contributed by atoms with Crippen LogP contribution in [0, 0.1) is 0 Å². The van der Waals surface area contributed by atoms with E-state index in [4.69, 9.17) is 9.98 Å². The first-order valence-corrected chi connectivity index (χ1v) is 13.0. The molecule has 2 aliphatic rings. The van der Waals surface area contributed by atoms with E-state index in [1.54, 1.807) is 0 Å². The third kappa shape index (κ3) is 3.84. The average Bonchev–Trinajstić information content (AvgIpc) is 3.04. The number of piperidine rings is 1. The van der Waals surface area contributed by atoms with Crippen molar-refractivity contribution in [3.8, 4) is 0 Å². The third-order valence-corrected chi connectivity index (χ3v) is 8.49. The molecule has 2 aromatic carbocycles. The Bertz CT molecular complexity index is 1240. The Kier molecular flexibility index (Phi) is 5.16. The van der Waals surface area contributed by atoms with Crippen molar-refractivity contribution in [2.24, 2.45) is 9.98 Å². The van der Waals surface area contributed by atoms with E-state index in [9.17, 15) is 16.8 Å². The number of benzene rings is 2. The molecule has 0 aliphatic carbocycles. The fourth-order valence-corrected chi connectivity index (χ4v) is 6.10. The van der Waals surface area contributed by atoms with E-state index < -0.39 is 25.5 Å². The molecule has 4 rings (SSSR count). The molecule has 7 nitrogen and oxygen atoms in total. The Labute approximate surface area is 177 Å². The van der Waals surface area contributed by atoms with Crippen LogP contribution < -0.4 is 0 Å². The Balaban J connectivity index is 1.56. The zero-order chi connectivity index (χ0) is 21.6. The van der Waals surface area contributed by atoms with Crippen LogP contribution in [0.25, 0.3) is 0 Å². The van der Waals surface area contributed by atoms with Crippen LogP contribution in [0.2, 0.25) is 0 Å². The number of hydrogen-bond donors (Lipinski definition) is 0. The van der Waals surface area contributed by atoms with Crippen LogP contribution in [-0.4, -0.2) is 57.6 Å². The van der Waals surface area contributed by atoms with Gasteiger partial charge in [-0.05, 0) is 25.1 Å². The number of rotatable bonds is 4. The highest BCUT2D eigenvalue weighted by Crippen LogP contribution is 2.35. The summed E-state index contributed by atoms with van der Waals surface area (Å²) in [6.45, 7) is 2.47. The van der Waals surface area contributed by atoms with E-state index >= 15 is 0 Å². The molecule has 0 saturated carbocycles. The van der Waals surface area contributed by atoms with Gasteiger partial charge in [-0.25, -0.2) is 16.8 Å². The lowest BCUT2D eigenvalue weighted by atomic mass is 10.00. The predicted molar refractivity (Wildman–Crippen MR) is 116 cm³/mol. The van der Waals surface area contributed by atoms with Gasteiger partial charge in [0.05, 0.1) is 21.2 Å². The number of hydrogen-bond acceptors (Lipinski definition) is 6. The van der Waals surface area contributed by atoms with Crippen LogP contribution in [0.5, 0.6) is 0 Å². The summed E-state index contributed by atoms with van der Waals surface area (Å²) in [6, 6.07) is 15.3. The molecule has 0 bridgehead atoms. The predicted octanol–water partition coefficient (Wildman–Crippen LogP) is 2.53. The van der Waals surface area contributed by atoms with Gasteiger partial charge in [0.25, 0.3) is 0 Å². The maximum Gasteiger partial charge on any atom is 0.243 e. The molecule has 9 heteroatoms. The van der Waals surface area contributed by atoms with Gasteiger partial charge in [0.2, 0.25) is 10.0 Å². The van der Waals surface area contributed by atoms with Crippen LogP contribution >= 0.6 is 0 Å². The quantitative estimate of drug-likeness (QED) is 0.722. The van der Waals surface area contributed by atoms with Crippen molar-refractivity contribution < 1.29 is 16.8 Å². The maximum atomic E-state index is 13.1. The fraction of sp³-hybridized carbons (Fsp3) is 0.333. The average molecular weight is 446 g/mol. The van der Waals surface area contributed by atoms with Gasteiger partial charge in [-0.2, -0.15) is 4.31 Å². The van der Waals surface area contributed by atoms with E-state index in [0.717, 1.165) is 23.2 Å². The minimum absolute atomic E-state index is 0.00910. The first-order chi connectivity index (χ1) is 14.1. The SMILES string of the molecule is CC1=NC2(CCN(S(=O)(=O)c3cccc(S(C)(=O)=O)c3)CC2)N=C1c1ccccc1. The lowest BCUT2D eigenvalue weighted by Gasteiger charge is -2.34. The monoisotopic (exact) mass is 445 g/mol. The lowest BCUT2D eigenvalue weighted by Crippen LogP contribution is -2.44. The van der Waals surface area contributed by atoms with Gasteiger partial charge in [-0.1, -0.05) is 36.4 Å². The van der Waals surface area contributed by atoms with E-state index in [1.807, 2.05) is 37.3 Å². The Morgan fingerprint density at radius 2 is 1.50 bits per heavy atom. The van der Waals surface area contributed by atoms with Crippen molar-refractivity contribution in [3.63, 3.8) is 0 Å². The zero-order valence-electron chi connectivity index (χ0n) is 16.8. The summed E-state index contributed by atoms with van der Waals surface area (Å²) in [6.07, 6.45) is 2.02. The molecule has 2 heterocycles. The van der Waals surface area contributed by atoms with E-state index in [-0.39, 0.29) is 22.9 Å². The molecule has 1 saturated heterocycles. The minimum atomic E-state index is -3.80. The molecule has 0 unspecified atom stereocenters. The Hall–Kier alpha value is -2.36. The van der Waals surface area contributed by atoms with Gasteiger partial charge in [0, 0.05) is 37.8 Å². The maximum absolute atomic E-state index is 13.1. The van der Waals surface area contributed by atoms with Crippen molar-refractivity contribution in [1.82, 2.24) is 4.31 Å². The molecule has 1 spiro atoms. The lowest BCUT2D eigenvalue weighted by molar-refractivity contribution is 0.248. The summed E-state index contributed by atoms with van der Waals surface area (Å²) < 4.78 is 51.1.